The zero-order valence-electron chi connectivity index (χ0n) is 11.1. The molecule has 0 heterocycles. The number of ether oxygens (including phenoxy) is 1. The van der Waals surface area contributed by atoms with Crippen molar-refractivity contribution in [2.45, 2.75) is 6.54 Å². The highest BCUT2D eigenvalue weighted by Gasteiger charge is 2.20. The maximum absolute atomic E-state index is 11.1. The van der Waals surface area contributed by atoms with Crippen LogP contribution in [0.25, 0.3) is 0 Å². The summed E-state index contributed by atoms with van der Waals surface area (Å²) in [5, 5.41) is 14.6. The average molecular weight is 372 g/mol. The van der Waals surface area contributed by atoms with Gasteiger partial charge in [-0.05, 0) is 41.2 Å². The summed E-state index contributed by atoms with van der Waals surface area (Å²) in [5.74, 6) is 0.633. The Hall–Kier alpha value is -1.63. The molecule has 0 aliphatic rings. The number of rotatable bonds is 5. The quantitative estimate of drug-likeness (QED) is 0.620. The molecule has 0 aliphatic carbocycles. The Balaban J connectivity index is 2.47. The highest BCUT2D eigenvalue weighted by Crippen LogP contribution is 2.39. The normalized spacial score (nSPS) is 10.4. The molecule has 0 radical (unpaired) electrons. The third-order valence-electron chi connectivity index (χ3n) is 2.75. The van der Waals surface area contributed by atoms with Gasteiger partial charge in [-0.2, -0.15) is 0 Å². The van der Waals surface area contributed by atoms with Crippen LogP contribution in [0.3, 0.4) is 0 Å². The van der Waals surface area contributed by atoms with Gasteiger partial charge in [0.15, 0.2) is 0 Å². The number of hydrogen-bond donors (Lipinski definition) is 1. The average Bonchev–Trinajstić information content (AvgIpc) is 2.44. The third-order valence-corrected chi connectivity index (χ3v) is 3.61. The van der Waals surface area contributed by atoms with Crippen LogP contribution < -0.4 is 10.1 Å². The first kappa shape index (κ1) is 15.8. The molecule has 1 N–H and O–H groups in total. The van der Waals surface area contributed by atoms with Crippen LogP contribution in [-0.4, -0.2) is 12.0 Å². The summed E-state index contributed by atoms with van der Waals surface area (Å²) in [5.41, 5.74) is 0.742. The van der Waals surface area contributed by atoms with Gasteiger partial charge in [0.25, 0.3) is 0 Å². The van der Waals surface area contributed by atoms with Crippen LogP contribution in [-0.2, 0) is 6.54 Å². The van der Waals surface area contributed by atoms with Gasteiger partial charge in [-0.3, -0.25) is 10.1 Å². The van der Waals surface area contributed by atoms with Gasteiger partial charge in [-0.15, -0.1) is 0 Å². The lowest BCUT2D eigenvalue weighted by molar-refractivity contribution is -0.385. The number of halogens is 2. The molecule has 2 rings (SSSR count). The second-order valence-corrected chi connectivity index (χ2v) is 5.52. The Morgan fingerprint density at radius 2 is 2.14 bits per heavy atom. The van der Waals surface area contributed by atoms with Crippen molar-refractivity contribution < 1.29 is 9.66 Å². The summed E-state index contributed by atoms with van der Waals surface area (Å²) in [6.07, 6.45) is 0. The molecule has 110 valence electrons. The fourth-order valence-electron chi connectivity index (χ4n) is 1.81. The van der Waals surface area contributed by atoms with E-state index in [1.807, 2.05) is 6.07 Å². The molecule has 0 saturated heterocycles. The standard InChI is InChI=1S/C14H12BrClN2O3/c1-17-8-9-5-6-10(16)7-13(9)21-14-11(15)3-2-4-12(14)18(19)20/h2-7,17H,8H2,1H3. The number of nitro groups is 1. The Kier molecular flexibility index (Phi) is 5.17. The van der Waals surface area contributed by atoms with E-state index >= 15 is 0 Å². The number of nitrogens with zero attached hydrogens (tertiary/aromatic N) is 1. The summed E-state index contributed by atoms with van der Waals surface area (Å²) in [7, 11) is 1.80. The largest absolute Gasteiger partial charge is 0.449 e. The second kappa shape index (κ2) is 6.89. The third kappa shape index (κ3) is 3.72. The number of para-hydroxylation sites is 1. The molecule has 0 amide bonds. The molecule has 0 atom stereocenters. The lowest BCUT2D eigenvalue weighted by Crippen LogP contribution is -2.06. The van der Waals surface area contributed by atoms with Gasteiger partial charge in [0.1, 0.15) is 5.75 Å². The number of benzene rings is 2. The topological polar surface area (TPSA) is 64.4 Å². The monoisotopic (exact) mass is 370 g/mol. The van der Waals surface area contributed by atoms with Gasteiger partial charge < -0.3 is 10.1 Å². The second-order valence-electron chi connectivity index (χ2n) is 4.23. The van der Waals surface area contributed by atoms with Crippen molar-refractivity contribution >= 4 is 33.2 Å². The predicted octanol–water partition coefficient (Wildman–Crippen LogP) is 4.52. The number of nitrogens with one attached hydrogen (secondary N) is 1. The predicted molar refractivity (Wildman–Crippen MR) is 85.1 cm³/mol. The Morgan fingerprint density at radius 3 is 2.81 bits per heavy atom. The van der Waals surface area contributed by atoms with E-state index in [0.717, 1.165) is 5.56 Å². The first-order valence-electron chi connectivity index (χ1n) is 6.06. The molecule has 21 heavy (non-hydrogen) atoms. The summed E-state index contributed by atoms with van der Waals surface area (Å²) in [6, 6.07) is 9.86. The summed E-state index contributed by atoms with van der Waals surface area (Å²) in [4.78, 5) is 10.6. The SMILES string of the molecule is CNCc1ccc(Cl)cc1Oc1c(Br)cccc1[N+](=O)[O-]. The Labute approximate surface area is 135 Å². The van der Waals surface area contributed by atoms with Crippen LogP contribution in [0, 0.1) is 10.1 Å². The van der Waals surface area contributed by atoms with Gasteiger partial charge in [0.05, 0.1) is 9.40 Å². The Bertz CT molecular complexity index is 679. The van der Waals surface area contributed by atoms with Crippen LogP contribution in [0.15, 0.2) is 40.9 Å². The van der Waals surface area contributed by atoms with Gasteiger partial charge in [-0.25, -0.2) is 0 Å². The van der Waals surface area contributed by atoms with Crippen molar-refractivity contribution in [1.29, 1.82) is 0 Å². The molecule has 0 fully saturated rings. The number of nitro benzene ring substituents is 1. The number of hydrogen-bond acceptors (Lipinski definition) is 4. The molecule has 0 spiro atoms. The van der Waals surface area contributed by atoms with Crippen LogP contribution in [0.4, 0.5) is 5.69 Å². The van der Waals surface area contributed by atoms with Crippen molar-refractivity contribution in [3.05, 3.63) is 61.6 Å². The molecule has 0 aromatic heterocycles. The van der Waals surface area contributed by atoms with Crippen molar-refractivity contribution in [2.75, 3.05) is 7.05 Å². The van der Waals surface area contributed by atoms with Crippen LogP contribution in [0.1, 0.15) is 5.56 Å². The van der Waals surface area contributed by atoms with Crippen LogP contribution >= 0.6 is 27.5 Å². The highest BCUT2D eigenvalue weighted by atomic mass is 79.9. The molecule has 0 aliphatic heterocycles. The molecule has 0 unspecified atom stereocenters. The van der Waals surface area contributed by atoms with Crippen molar-refractivity contribution in [2.24, 2.45) is 0 Å². The van der Waals surface area contributed by atoms with Crippen LogP contribution in [0.2, 0.25) is 5.02 Å². The molecule has 2 aromatic carbocycles. The zero-order chi connectivity index (χ0) is 15.4. The first-order chi connectivity index (χ1) is 10.0. The highest BCUT2D eigenvalue weighted by molar-refractivity contribution is 9.10. The molecule has 0 saturated carbocycles. The fraction of sp³-hybridized carbons (Fsp3) is 0.143. The summed E-state index contributed by atoms with van der Waals surface area (Å²) >= 11 is 9.26. The zero-order valence-corrected chi connectivity index (χ0v) is 13.4. The van der Waals surface area contributed by atoms with Gasteiger partial charge in [-0.1, -0.05) is 23.7 Å². The van der Waals surface area contributed by atoms with Crippen molar-refractivity contribution in [3.8, 4) is 11.5 Å². The van der Waals surface area contributed by atoms with Gasteiger partial charge in [0, 0.05) is 23.2 Å². The van der Waals surface area contributed by atoms with Crippen molar-refractivity contribution in [3.63, 3.8) is 0 Å². The molecular formula is C14H12BrClN2O3. The lowest BCUT2D eigenvalue weighted by Gasteiger charge is -2.12. The molecule has 2 aromatic rings. The van der Waals surface area contributed by atoms with Crippen molar-refractivity contribution in [1.82, 2.24) is 5.32 Å². The minimum absolute atomic E-state index is 0.111. The van der Waals surface area contributed by atoms with Gasteiger partial charge >= 0.3 is 5.69 Å². The molecule has 0 bridgehead atoms. The van der Waals surface area contributed by atoms with E-state index < -0.39 is 4.92 Å². The van der Waals surface area contributed by atoms with E-state index in [1.165, 1.54) is 6.07 Å². The maximum atomic E-state index is 11.1. The fourth-order valence-corrected chi connectivity index (χ4v) is 2.41. The first-order valence-corrected chi connectivity index (χ1v) is 7.24. The summed E-state index contributed by atoms with van der Waals surface area (Å²) < 4.78 is 6.26. The van der Waals surface area contributed by atoms with Gasteiger partial charge in [0.2, 0.25) is 5.75 Å². The molecule has 7 heteroatoms. The van der Waals surface area contributed by atoms with E-state index in [9.17, 15) is 10.1 Å². The van der Waals surface area contributed by atoms with E-state index in [-0.39, 0.29) is 11.4 Å². The molecular weight excluding hydrogens is 360 g/mol. The maximum Gasteiger partial charge on any atom is 0.312 e. The lowest BCUT2D eigenvalue weighted by atomic mass is 10.2. The van der Waals surface area contributed by atoms with Crippen LogP contribution in [0.5, 0.6) is 11.5 Å². The van der Waals surface area contributed by atoms with E-state index in [0.29, 0.717) is 21.8 Å². The minimum Gasteiger partial charge on any atom is -0.449 e. The van der Waals surface area contributed by atoms with E-state index in [1.54, 1.807) is 31.3 Å². The smallest absolute Gasteiger partial charge is 0.312 e. The van der Waals surface area contributed by atoms with E-state index in [2.05, 4.69) is 21.2 Å². The summed E-state index contributed by atoms with van der Waals surface area (Å²) in [6.45, 7) is 0.560. The molecule has 5 nitrogen and oxygen atoms in total. The van der Waals surface area contributed by atoms with E-state index in [4.69, 9.17) is 16.3 Å². The Morgan fingerprint density at radius 1 is 1.38 bits per heavy atom. The minimum atomic E-state index is -0.484.